The Balaban J connectivity index is 1.85. The summed E-state index contributed by atoms with van der Waals surface area (Å²) in [6, 6.07) is 6.90. The van der Waals surface area contributed by atoms with Crippen molar-refractivity contribution >= 4 is 21.6 Å². The van der Waals surface area contributed by atoms with Crippen LogP contribution in [0.3, 0.4) is 0 Å². The number of aromatic nitrogens is 2. The summed E-state index contributed by atoms with van der Waals surface area (Å²) in [5.41, 5.74) is 9.01. The maximum atomic E-state index is 11.6. The lowest BCUT2D eigenvalue weighted by molar-refractivity contribution is 0.602. The van der Waals surface area contributed by atoms with E-state index in [0.717, 1.165) is 48.3 Å². The van der Waals surface area contributed by atoms with Gasteiger partial charge in [-0.25, -0.2) is 13.4 Å². The first-order valence-corrected chi connectivity index (χ1v) is 9.95. The number of nitrogens with one attached hydrogen (secondary N) is 1. The Labute approximate surface area is 142 Å². The first-order chi connectivity index (χ1) is 11.3. The molecule has 0 bridgehead atoms. The van der Waals surface area contributed by atoms with Crippen LogP contribution in [-0.4, -0.2) is 24.6 Å². The molecule has 0 amide bonds. The van der Waals surface area contributed by atoms with Crippen LogP contribution in [0.4, 0.5) is 11.8 Å². The average molecular weight is 346 g/mol. The van der Waals surface area contributed by atoms with Gasteiger partial charge in [0.2, 0.25) is 5.95 Å². The molecule has 3 N–H and O–H groups in total. The van der Waals surface area contributed by atoms with Crippen molar-refractivity contribution in [3.8, 4) is 0 Å². The molecule has 0 radical (unpaired) electrons. The van der Waals surface area contributed by atoms with Crippen molar-refractivity contribution in [2.24, 2.45) is 0 Å². The van der Waals surface area contributed by atoms with Crippen LogP contribution in [0.1, 0.15) is 42.6 Å². The summed E-state index contributed by atoms with van der Waals surface area (Å²) in [6.07, 6.45) is 5.36. The molecule has 2 aromatic rings. The molecular formula is C17H22N4O2S. The number of benzene rings is 1. The SMILES string of the molecule is C[C@H](Nc1nc(N)nc2c1CCCC2)c1ccc(S(C)(=O)=O)cc1. The molecule has 1 aliphatic carbocycles. The van der Waals surface area contributed by atoms with Crippen LogP contribution in [0, 0.1) is 0 Å². The Morgan fingerprint density at radius 1 is 1.12 bits per heavy atom. The van der Waals surface area contributed by atoms with Crippen molar-refractivity contribution in [3.05, 3.63) is 41.1 Å². The highest BCUT2D eigenvalue weighted by Crippen LogP contribution is 2.29. The molecule has 128 valence electrons. The minimum Gasteiger partial charge on any atom is -0.368 e. The molecule has 1 atom stereocenters. The second-order valence-electron chi connectivity index (χ2n) is 6.27. The molecular weight excluding hydrogens is 324 g/mol. The molecule has 1 aromatic heterocycles. The van der Waals surface area contributed by atoms with E-state index in [0.29, 0.717) is 4.90 Å². The third-order valence-corrected chi connectivity index (χ3v) is 5.49. The van der Waals surface area contributed by atoms with Gasteiger partial charge in [0, 0.05) is 17.9 Å². The summed E-state index contributed by atoms with van der Waals surface area (Å²) in [5.74, 6) is 1.08. The number of anilines is 2. The van der Waals surface area contributed by atoms with E-state index in [9.17, 15) is 8.42 Å². The van der Waals surface area contributed by atoms with Crippen molar-refractivity contribution in [2.45, 2.75) is 43.5 Å². The third kappa shape index (κ3) is 3.51. The summed E-state index contributed by atoms with van der Waals surface area (Å²) in [5, 5.41) is 3.40. The van der Waals surface area contributed by atoms with Crippen LogP contribution in [0.15, 0.2) is 29.2 Å². The van der Waals surface area contributed by atoms with Crippen molar-refractivity contribution in [2.75, 3.05) is 17.3 Å². The zero-order chi connectivity index (χ0) is 17.3. The minimum absolute atomic E-state index is 0.0149. The molecule has 0 saturated carbocycles. The van der Waals surface area contributed by atoms with E-state index in [1.165, 1.54) is 6.26 Å². The van der Waals surface area contributed by atoms with E-state index < -0.39 is 9.84 Å². The van der Waals surface area contributed by atoms with Crippen LogP contribution < -0.4 is 11.1 Å². The highest BCUT2D eigenvalue weighted by molar-refractivity contribution is 7.90. The number of hydrogen-bond donors (Lipinski definition) is 2. The molecule has 0 saturated heterocycles. The summed E-state index contributed by atoms with van der Waals surface area (Å²) in [6.45, 7) is 2.02. The molecule has 6 nitrogen and oxygen atoms in total. The Morgan fingerprint density at radius 3 is 2.46 bits per heavy atom. The highest BCUT2D eigenvalue weighted by Gasteiger charge is 2.19. The molecule has 24 heavy (non-hydrogen) atoms. The van der Waals surface area contributed by atoms with Gasteiger partial charge in [0.05, 0.1) is 10.6 Å². The number of aryl methyl sites for hydroxylation is 1. The van der Waals surface area contributed by atoms with Gasteiger partial charge in [-0.3, -0.25) is 0 Å². The van der Waals surface area contributed by atoms with E-state index in [2.05, 4.69) is 15.3 Å². The van der Waals surface area contributed by atoms with E-state index in [4.69, 9.17) is 5.73 Å². The third-order valence-electron chi connectivity index (χ3n) is 4.36. The molecule has 3 rings (SSSR count). The van der Waals surface area contributed by atoms with Gasteiger partial charge < -0.3 is 11.1 Å². The number of nitrogens with zero attached hydrogens (tertiary/aromatic N) is 2. The Bertz CT molecular complexity index is 848. The van der Waals surface area contributed by atoms with Gasteiger partial charge in [0.25, 0.3) is 0 Å². The summed E-state index contributed by atoms with van der Waals surface area (Å²) < 4.78 is 23.1. The zero-order valence-corrected chi connectivity index (χ0v) is 14.7. The molecule has 1 aromatic carbocycles. The monoisotopic (exact) mass is 346 g/mol. The van der Waals surface area contributed by atoms with Crippen LogP contribution in [-0.2, 0) is 22.7 Å². The number of sulfone groups is 1. The fourth-order valence-electron chi connectivity index (χ4n) is 3.02. The molecule has 0 spiro atoms. The largest absolute Gasteiger partial charge is 0.368 e. The summed E-state index contributed by atoms with van der Waals surface area (Å²) >= 11 is 0. The maximum Gasteiger partial charge on any atom is 0.222 e. The van der Waals surface area contributed by atoms with Gasteiger partial charge in [-0.1, -0.05) is 12.1 Å². The maximum absolute atomic E-state index is 11.6. The van der Waals surface area contributed by atoms with Crippen LogP contribution in [0.25, 0.3) is 0 Å². The summed E-state index contributed by atoms with van der Waals surface area (Å²) in [7, 11) is -3.18. The van der Waals surface area contributed by atoms with Gasteiger partial charge in [-0.05, 0) is 50.3 Å². The smallest absolute Gasteiger partial charge is 0.222 e. The van der Waals surface area contributed by atoms with Crippen molar-refractivity contribution in [3.63, 3.8) is 0 Å². The van der Waals surface area contributed by atoms with E-state index >= 15 is 0 Å². The van der Waals surface area contributed by atoms with Crippen LogP contribution in [0.5, 0.6) is 0 Å². The number of nitrogen functional groups attached to an aromatic ring is 1. The lowest BCUT2D eigenvalue weighted by atomic mass is 9.96. The Hall–Kier alpha value is -2.15. The number of rotatable bonds is 4. The van der Waals surface area contributed by atoms with E-state index in [1.54, 1.807) is 12.1 Å². The number of fused-ring (bicyclic) bond motifs is 1. The fourth-order valence-corrected chi connectivity index (χ4v) is 3.66. The molecule has 0 fully saturated rings. The van der Waals surface area contributed by atoms with Gasteiger partial charge in [-0.2, -0.15) is 4.98 Å². The molecule has 0 unspecified atom stereocenters. The van der Waals surface area contributed by atoms with E-state index in [-0.39, 0.29) is 12.0 Å². The van der Waals surface area contributed by atoms with Crippen molar-refractivity contribution < 1.29 is 8.42 Å². The van der Waals surface area contributed by atoms with E-state index in [1.807, 2.05) is 19.1 Å². The van der Waals surface area contributed by atoms with Crippen LogP contribution in [0.2, 0.25) is 0 Å². The Kier molecular flexibility index (Phi) is 4.45. The highest BCUT2D eigenvalue weighted by atomic mass is 32.2. The lowest BCUT2D eigenvalue weighted by Gasteiger charge is -2.22. The topological polar surface area (TPSA) is 98.0 Å². The fraction of sp³-hybridized carbons (Fsp3) is 0.412. The van der Waals surface area contributed by atoms with Gasteiger partial charge >= 0.3 is 0 Å². The Morgan fingerprint density at radius 2 is 1.79 bits per heavy atom. The van der Waals surface area contributed by atoms with Crippen LogP contribution >= 0.6 is 0 Å². The lowest BCUT2D eigenvalue weighted by Crippen LogP contribution is -2.16. The zero-order valence-electron chi connectivity index (χ0n) is 13.9. The minimum atomic E-state index is -3.18. The molecule has 7 heteroatoms. The first kappa shape index (κ1) is 16.7. The first-order valence-electron chi connectivity index (χ1n) is 8.06. The number of nitrogens with two attached hydrogens (primary N) is 1. The molecule has 1 aliphatic rings. The molecule has 0 aliphatic heterocycles. The second kappa shape index (κ2) is 6.39. The van der Waals surface area contributed by atoms with Crippen molar-refractivity contribution in [1.29, 1.82) is 0 Å². The van der Waals surface area contributed by atoms with Gasteiger partial charge in [0.1, 0.15) is 5.82 Å². The predicted molar refractivity (Wildman–Crippen MR) is 94.7 cm³/mol. The standard InChI is InChI=1S/C17H22N4O2S/c1-11(12-7-9-13(10-8-12)24(2,22)23)19-16-14-5-3-4-6-15(14)20-17(18)21-16/h7-11H,3-6H2,1-2H3,(H3,18,19,20,21)/t11-/m0/s1. The quantitative estimate of drug-likeness (QED) is 0.883. The van der Waals surface area contributed by atoms with Gasteiger partial charge in [-0.15, -0.1) is 0 Å². The summed E-state index contributed by atoms with van der Waals surface area (Å²) in [4.78, 5) is 9.04. The molecule has 1 heterocycles. The number of hydrogen-bond acceptors (Lipinski definition) is 6. The second-order valence-corrected chi connectivity index (χ2v) is 8.29. The van der Waals surface area contributed by atoms with Crippen molar-refractivity contribution in [1.82, 2.24) is 9.97 Å². The van der Waals surface area contributed by atoms with Gasteiger partial charge in [0.15, 0.2) is 9.84 Å². The predicted octanol–water partition coefficient (Wildman–Crippen LogP) is 2.51. The average Bonchev–Trinajstić information content (AvgIpc) is 2.54. The normalized spacial score (nSPS) is 15.6.